The van der Waals surface area contributed by atoms with E-state index in [1.807, 2.05) is 13.0 Å². The second kappa shape index (κ2) is 6.38. The van der Waals surface area contributed by atoms with Gasteiger partial charge < -0.3 is 5.32 Å². The molecular formula is C15H21ClN2O. The average Bonchev–Trinajstić information content (AvgIpc) is 3.20. The predicted octanol–water partition coefficient (Wildman–Crippen LogP) is 3.61. The Bertz CT molecular complexity index is 457. The van der Waals surface area contributed by atoms with Crippen molar-refractivity contribution < 1.29 is 4.79 Å². The van der Waals surface area contributed by atoms with Crippen molar-refractivity contribution in [3.05, 3.63) is 28.5 Å². The molecule has 1 aromatic heterocycles. The molecule has 4 heteroatoms. The van der Waals surface area contributed by atoms with Gasteiger partial charge in [-0.1, -0.05) is 38.3 Å². The fourth-order valence-corrected chi connectivity index (χ4v) is 2.44. The first-order valence-electron chi connectivity index (χ1n) is 7.09. The number of aryl methyl sites for hydroxylation is 1. The number of nitrogens with one attached hydrogen (secondary N) is 1. The second-order valence-corrected chi connectivity index (χ2v) is 5.67. The fourth-order valence-electron chi connectivity index (χ4n) is 2.22. The monoisotopic (exact) mass is 280 g/mol. The van der Waals surface area contributed by atoms with Gasteiger partial charge in [0.2, 0.25) is 0 Å². The SMILES string of the molecule is CCc1cc(C(=O)NC(CC)CC2CC2)cc(Cl)n1. The van der Waals surface area contributed by atoms with Crippen molar-refractivity contribution in [3.63, 3.8) is 0 Å². The number of carbonyl (C=O) groups excluding carboxylic acids is 1. The van der Waals surface area contributed by atoms with Gasteiger partial charge in [0.15, 0.2) is 0 Å². The number of carbonyl (C=O) groups is 1. The minimum Gasteiger partial charge on any atom is -0.349 e. The summed E-state index contributed by atoms with van der Waals surface area (Å²) in [5, 5.41) is 3.50. The van der Waals surface area contributed by atoms with Gasteiger partial charge >= 0.3 is 0 Å². The zero-order valence-corrected chi connectivity index (χ0v) is 12.3. The van der Waals surface area contributed by atoms with Gasteiger partial charge in [-0.15, -0.1) is 0 Å². The molecule has 0 bridgehead atoms. The number of halogens is 1. The van der Waals surface area contributed by atoms with E-state index in [0.29, 0.717) is 10.7 Å². The normalized spacial score (nSPS) is 16.2. The maximum atomic E-state index is 12.2. The maximum absolute atomic E-state index is 12.2. The Morgan fingerprint density at radius 3 is 2.79 bits per heavy atom. The van der Waals surface area contributed by atoms with Crippen LogP contribution in [0.25, 0.3) is 0 Å². The van der Waals surface area contributed by atoms with E-state index in [2.05, 4.69) is 17.2 Å². The van der Waals surface area contributed by atoms with Crippen LogP contribution in [0.15, 0.2) is 12.1 Å². The van der Waals surface area contributed by atoms with Gasteiger partial charge in [0, 0.05) is 17.3 Å². The molecule has 3 nitrogen and oxygen atoms in total. The van der Waals surface area contributed by atoms with Gasteiger partial charge in [-0.05, 0) is 37.3 Å². The molecule has 1 N–H and O–H groups in total. The zero-order chi connectivity index (χ0) is 13.8. The van der Waals surface area contributed by atoms with Crippen molar-refractivity contribution >= 4 is 17.5 Å². The molecule has 0 aromatic carbocycles. The summed E-state index contributed by atoms with van der Waals surface area (Å²) >= 11 is 5.95. The van der Waals surface area contributed by atoms with E-state index in [-0.39, 0.29) is 11.9 Å². The van der Waals surface area contributed by atoms with Crippen LogP contribution in [0.3, 0.4) is 0 Å². The topological polar surface area (TPSA) is 42.0 Å². The highest BCUT2D eigenvalue weighted by molar-refractivity contribution is 6.29. The van der Waals surface area contributed by atoms with Gasteiger partial charge in [0.05, 0.1) is 0 Å². The minimum atomic E-state index is -0.0356. The molecule has 1 heterocycles. The highest BCUT2D eigenvalue weighted by atomic mass is 35.5. The maximum Gasteiger partial charge on any atom is 0.251 e. The number of nitrogens with zero attached hydrogens (tertiary/aromatic N) is 1. The highest BCUT2D eigenvalue weighted by Crippen LogP contribution is 2.34. The molecule has 0 aliphatic heterocycles. The van der Waals surface area contributed by atoms with Crippen molar-refractivity contribution in [2.24, 2.45) is 5.92 Å². The molecule has 0 radical (unpaired) electrons. The van der Waals surface area contributed by atoms with Gasteiger partial charge in [-0.3, -0.25) is 4.79 Å². The van der Waals surface area contributed by atoms with E-state index < -0.39 is 0 Å². The first kappa shape index (κ1) is 14.3. The third-order valence-corrected chi connectivity index (χ3v) is 3.81. The Morgan fingerprint density at radius 2 is 2.21 bits per heavy atom. The van der Waals surface area contributed by atoms with Crippen LogP contribution >= 0.6 is 11.6 Å². The number of rotatable bonds is 6. The van der Waals surface area contributed by atoms with Gasteiger partial charge in [0.1, 0.15) is 5.15 Å². The van der Waals surface area contributed by atoms with Crippen molar-refractivity contribution in [2.75, 3.05) is 0 Å². The summed E-state index contributed by atoms with van der Waals surface area (Å²) in [5.41, 5.74) is 1.47. The molecule has 1 atom stereocenters. The van der Waals surface area contributed by atoms with E-state index >= 15 is 0 Å². The molecule has 0 spiro atoms. The van der Waals surface area contributed by atoms with E-state index in [1.165, 1.54) is 12.8 Å². The van der Waals surface area contributed by atoms with E-state index in [1.54, 1.807) is 6.07 Å². The van der Waals surface area contributed by atoms with Crippen LogP contribution in [-0.4, -0.2) is 16.9 Å². The Kier molecular flexibility index (Phi) is 4.81. The Hall–Kier alpha value is -1.09. The lowest BCUT2D eigenvalue weighted by Gasteiger charge is -2.17. The highest BCUT2D eigenvalue weighted by Gasteiger charge is 2.25. The summed E-state index contributed by atoms with van der Waals surface area (Å²) in [7, 11) is 0. The summed E-state index contributed by atoms with van der Waals surface area (Å²) in [5.74, 6) is 0.781. The van der Waals surface area contributed by atoms with Crippen LogP contribution in [0.5, 0.6) is 0 Å². The second-order valence-electron chi connectivity index (χ2n) is 5.28. The predicted molar refractivity (Wildman–Crippen MR) is 77.5 cm³/mol. The molecule has 1 aromatic rings. The standard InChI is InChI=1S/C15H21ClN2O/c1-3-12(7-10-5-6-10)18-15(19)11-8-13(4-2)17-14(16)9-11/h8-10,12H,3-7H2,1-2H3,(H,18,19). The van der Waals surface area contributed by atoms with E-state index in [0.717, 1.165) is 30.9 Å². The number of amides is 1. The summed E-state index contributed by atoms with van der Waals surface area (Å²) in [6.07, 6.45) is 5.48. The molecule has 1 fully saturated rings. The number of hydrogen-bond acceptors (Lipinski definition) is 2. The van der Waals surface area contributed by atoms with Crippen molar-refractivity contribution in [1.29, 1.82) is 0 Å². The Labute approximate surface area is 119 Å². The summed E-state index contributed by atoms with van der Waals surface area (Å²) < 4.78 is 0. The summed E-state index contributed by atoms with van der Waals surface area (Å²) in [6.45, 7) is 4.12. The lowest BCUT2D eigenvalue weighted by atomic mass is 10.1. The minimum absolute atomic E-state index is 0.0356. The van der Waals surface area contributed by atoms with Crippen LogP contribution in [-0.2, 0) is 6.42 Å². The van der Waals surface area contributed by atoms with Gasteiger partial charge in [-0.25, -0.2) is 4.98 Å². The van der Waals surface area contributed by atoms with Crippen LogP contribution in [0.1, 0.15) is 55.6 Å². The van der Waals surface area contributed by atoms with E-state index in [4.69, 9.17) is 11.6 Å². The smallest absolute Gasteiger partial charge is 0.251 e. The molecule has 1 amide bonds. The third kappa shape index (κ3) is 4.20. The van der Waals surface area contributed by atoms with Crippen molar-refractivity contribution in [2.45, 2.75) is 52.0 Å². The molecule has 19 heavy (non-hydrogen) atoms. The Morgan fingerprint density at radius 1 is 1.47 bits per heavy atom. The molecule has 0 saturated heterocycles. The first-order chi connectivity index (χ1) is 9.12. The van der Waals surface area contributed by atoms with Gasteiger partial charge in [0.25, 0.3) is 5.91 Å². The molecule has 1 aliphatic carbocycles. The van der Waals surface area contributed by atoms with Gasteiger partial charge in [-0.2, -0.15) is 0 Å². The number of pyridine rings is 1. The fraction of sp³-hybridized carbons (Fsp3) is 0.600. The summed E-state index contributed by atoms with van der Waals surface area (Å²) in [4.78, 5) is 16.4. The first-order valence-corrected chi connectivity index (χ1v) is 7.47. The number of hydrogen-bond donors (Lipinski definition) is 1. The molecule has 2 rings (SSSR count). The van der Waals surface area contributed by atoms with Crippen LogP contribution in [0, 0.1) is 5.92 Å². The largest absolute Gasteiger partial charge is 0.349 e. The van der Waals surface area contributed by atoms with Crippen LogP contribution < -0.4 is 5.32 Å². The quantitative estimate of drug-likeness (QED) is 0.809. The van der Waals surface area contributed by atoms with Crippen LogP contribution in [0.4, 0.5) is 0 Å². The molecule has 1 unspecified atom stereocenters. The molecule has 104 valence electrons. The van der Waals surface area contributed by atoms with E-state index in [9.17, 15) is 4.79 Å². The zero-order valence-electron chi connectivity index (χ0n) is 11.6. The van der Waals surface area contributed by atoms with Crippen LogP contribution in [0.2, 0.25) is 5.15 Å². The molecular weight excluding hydrogens is 260 g/mol. The lowest BCUT2D eigenvalue weighted by Crippen LogP contribution is -2.34. The Balaban J connectivity index is 2.03. The number of aromatic nitrogens is 1. The lowest BCUT2D eigenvalue weighted by molar-refractivity contribution is 0.0932. The summed E-state index contributed by atoms with van der Waals surface area (Å²) in [6, 6.07) is 3.74. The molecule has 1 aliphatic rings. The molecule has 1 saturated carbocycles. The van der Waals surface area contributed by atoms with Crippen molar-refractivity contribution in [1.82, 2.24) is 10.3 Å². The van der Waals surface area contributed by atoms with Crippen molar-refractivity contribution in [3.8, 4) is 0 Å². The average molecular weight is 281 g/mol. The third-order valence-electron chi connectivity index (χ3n) is 3.61.